The first-order valence-electron chi connectivity index (χ1n) is 5.17. The minimum atomic E-state index is -0.253. The summed E-state index contributed by atoms with van der Waals surface area (Å²) in [5.74, 6) is -0.0335. The van der Waals surface area contributed by atoms with Crippen molar-refractivity contribution >= 4 is 34.7 Å². The highest BCUT2D eigenvalue weighted by molar-refractivity contribution is 7.09. The molecule has 94 valence electrons. The molecule has 0 aliphatic heterocycles. The zero-order chi connectivity index (χ0) is 13.1. The van der Waals surface area contributed by atoms with Crippen molar-refractivity contribution in [2.24, 2.45) is 0 Å². The third-order valence-corrected chi connectivity index (χ3v) is 3.19. The summed E-state index contributed by atoms with van der Waals surface area (Å²) in [7, 11) is 0. The van der Waals surface area contributed by atoms with Crippen LogP contribution in [0.4, 0.5) is 5.82 Å². The number of nitrogen functional groups attached to an aromatic ring is 1. The number of carbonyl (C=O) groups is 1. The minimum absolute atomic E-state index is 0.199. The molecule has 0 saturated carbocycles. The maximum Gasteiger partial charge on any atom is 0.251 e. The first-order chi connectivity index (χ1) is 8.54. The van der Waals surface area contributed by atoms with Crippen LogP contribution >= 0.6 is 22.9 Å². The van der Waals surface area contributed by atoms with Crippen molar-refractivity contribution in [1.29, 1.82) is 0 Å². The van der Waals surface area contributed by atoms with Gasteiger partial charge in [-0.2, -0.15) is 0 Å². The number of thiazole rings is 1. The fourth-order valence-corrected chi connectivity index (χ4v) is 2.24. The number of rotatable bonds is 3. The summed E-state index contributed by atoms with van der Waals surface area (Å²) >= 11 is 7.28. The van der Waals surface area contributed by atoms with Gasteiger partial charge in [0, 0.05) is 10.9 Å². The molecule has 3 N–H and O–H groups in total. The fraction of sp³-hybridized carbons (Fsp3) is 0.182. The van der Waals surface area contributed by atoms with Gasteiger partial charge in [-0.1, -0.05) is 11.6 Å². The number of hydrogen-bond acceptors (Lipinski definition) is 5. The van der Waals surface area contributed by atoms with Crippen LogP contribution in [0, 0.1) is 6.92 Å². The van der Waals surface area contributed by atoms with E-state index in [1.807, 2.05) is 12.3 Å². The summed E-state index contributed by atoms with van der Waals surface area (Å²) in [6.45, 7) is 2.29. The highest BCUT2D eigenvalue weighted by Crippen LogP contribution is 2.12. The summed E-state index contributed by atoms with van der Waals surface area (Å²) in [6, 6.07) is 2.95. The molecule has 18 heavy (non-hydrogen) atoms. The molecule has 0 radical (unpaired) electrons. The third kappa shape index (κ3) is 3.18. The fourth-order valence-electron chi connectivity index (χ4n) is 1.41. The molecule has 0 unspecified atom stereocenters. The zero-order valence-corrected chi connectivity index (χ0v) is 11.2. The first-order valence-corrected chi connectivity index (χ1v) is 6.42. The number of nitrogens with zero attached hydrogens (tertiary/aromatic N) is 2. The maximum atomic E-state index is 11.9. The molecule has 1 amide bonds. The lowest BCUT2D eigenvalue weighted by Crippen LogP contribution is -2.23. The van der Waals surface area contributed by atoms with Crippen molar-refractivity contribution in [2.75, 3.05) is 5.73 Å². The van der Waals surface area contributed by atoms with E-state index in [4.69, 9.17) is 17.3 Å². The SMILES string of the molecule is Cc1nc(CNC(=O)c2cc(N)nc(Cl)c2)cs1. The van der Waals surface area contributed by atoms with Gasteiger partial charge in [-0.3, -0.25) is 4.79 Å². The van der Waals surface area contributed by atoms with E-state index in [1.54, 1.807) is 11.3 Å². The van der Waals surface area contributed by atoms with Crippen LogP contribution in [0.3, 0.4) is 0 Å². The smallest absolute Gasteiger partial charge is 0.251 e. The Labute approximate surface area is 113 Å². The molecule has 0 aromatic carbocycles. The monoisotopic (exact) mass is 282 g/mol. The largest absolute Gasteiger partial charge is 0.384 e. The Kier molecular flexibility index (Phi) is 3.78. The van der Waals surface area contributed by atoms with Crippen LogP contribution in [0.2, 0.25) is 5.15 Å². The number of aromatic nitrogens is 2. The number of carbonyl (C=O) groups excluding carboxylic acids is 1. The van der Waals surface area contributed by atoms with Crippen LogP contribution in [-0.2, 0) is 6.54 Å². The molecule has 0 saturated heterocycles. The molecule has 5 nitrogen and oxygen atoms in total. The predicted octanol–water partition coefficient (Wildman–Crippen LogP) is 2.01. The Morgan fingerprint density at radius 2 is 2.28 bits per heavy atom. The average Bonchev–Trinajstić information content (AvgIpc) is 2.70. The summed E-state index contributed by atoms with van der Waals surface area (Å²) in [4.78, 5) is 19.9. The van der Waals surface area contributed by atoms with Gasteiger partial charge < -0.3 is 11.1 Å². The standard InChI is InChI=1S/C11H11ClN4OS/c1-6-15-8(5-18-6)4-14-11(17)7-2-9(12)16-10(13)3-7/h2-3,5H,4H2,1H3,(H2,13,16)(H,14,17). The lowest BCUT2D eigenvalue weighted by molar-refractivity contribution is 0.0950. The molecular formula is C11H11ClN4OS. The molecule has 7 heteroatoms. The molecule has 0 fully saturated rings. The Bertz CT molecular complexity index is 564. The van der Waals surface area contributed by atoms with Crippen molar-refractivity contribution in [3.05, 3.63) is 38.9 Å². The molecule has 0 bridgehead atoms. The number of halogens is 1. The number of aryl methyl sites for hydroxylation is 1. The van der Waals surface area contributed by atoms with E-state index < -0.39 is 0 Å². The van der Waals surface area contributed by atoms with Crippen LogP contribution in [0.25, 0.3) is 0 Å². The highest BCUT2D eigenvalue weighted by Gasteiger charge is 2.08. The van der Waals surface area contributed by atoms with E-state index in [9.17, 15) is 4.79 Å². The van der Waals surface area contributed by atoms with Gasteiger partial charge in [0.15, 0.2) is 0 Å². The summed E-state index contributed by atoms with van der Waals surface area (Å²) in [5, 5.41) is 5.82. The van der Waals surface area contributed by atoms with Gasteiger partial charge in [0.25, 0.3) is 5.91 Å². The molecular weight excluding hydrogens is 272 g/mol. The molecule has 2 rings (SSSR count). The van der Waals surface area contributed by atoms with Crippen LogP contribution in [0.15, 0.2) is 17.5 Å². The normalized spacial score (nSPS) is 10.3. The lowest BCUT2D eigenvalue weighted by Gasteiger charge is -2.04. The highest BCUT2D eigenvalue weighted by atomic mass is 35.5. The van der Waals surface area contributed by atoms with Crippen LogP contribution < -0.4 is 11.1 Å². The second-order valence-corrected chi connectivity index (χ2v) is 5.09. The Morgan fingerprint density at radius 1 is 1.50 bits per heavy atom. The van der Waals surface area contributed by atoms with Crippen LogP contribution in [0.5, 0.6) is 0 Å². The molecule has 0 spiro atoms. The molecule has 2 aromatic rings. The van der Waals surface area contributed by atoms with Gasteiger partial charge in [-0.05, 0) is 19.1 Å². The molecule has 2 aromatic heterocycles. The predicted molar refractivity (Wildman–Crippen MR) is 71.7 cm³/mol. The van der Waals surface area contributed by atoms with Crippen molar-refractivity contribution < 1.29 is 4.79 Å². The van der Waals surface area contributed by atoms with Crippen LogP contribution in [-0.4, -0.2) is 15.9 Å². The Balaban J connectivity index is 2.03. The van der Waals surface area contributed by atoms with Crippen LogP contribution in [0.1, 0.15) is 21.1 Å². The molecule has 0 aliphatic carbocycles. The maximum absolute atomic E-state index is 11.9. The van der Waals surface area contributed by atoms with Crippen molar-refractivity contribution in [1.82, 2.24) is 15.3 Å². The summed E-state index contributed by atoms with van der Waals surface area (Å²) in [5.41, 5.74) is 6.74. The van der Waals surface area contributed by atoms with E-state index in [2.05, 4.69) is 15.3 Å². The molecule has 0 aliphatic rings. The number of pyridine rings is 1. The zero-order valence-electron chi connectivity index (χ0n) is 9.61. The van der Waals surface area contributed by atoms with E-state index in [0.717, 1.165) is 10.7 Å². The van der Waals surface area contributed by atoms with Gasteiger partial charge in [0.2, 0.25) is 0 Å². The average molecular weight is 283 g/mol. The van der Waals surface area contributed by atoms with Gasteiger partial charge in [0.05, 0.1) is 17.2 Å². The number of nitrogens with two attached hydrogens (primary N) is 1. The van der Waals surface area contributed by atoms with E-state index >= 15 is 0 Å². The quantitative estimate of drug-likeness (QED) is 0.844. The minimum Gasteiger partial charge on any atom is -0.384 e. The number of amides is 1. The van der Waals surface area contributed by atoms with E-state index in [-0.39, 0.29) is 16.9 Å². The topological polar surface area (TPSA) is 80.9 Å². The second kappa shape index (κ2) is 5.32. The number of nitrogens with one attached hydrogen (secondary N) is 1. The van der Waals surface area contributed by atoms with Gasteiger partial charge in [-0.25, -0.2) is 9.97 Å². The molecule has 2 heterocycles. The lowest BCUT2D eigenvalue weighted by atomic mass is 10.2. The summed E-state index contributed by atoms with van der Waals surface area (Å²) < 4.78 is 0. The Hall–Kier alpha value is -1.66. The number of hydrogen-bond donors (Lipinski definition) is 2. The Morgan fingerprint density at radius 3 is 2.89 bits per heavy atom. The second-order valence-electron chi connectivity index (χ2n) is 3.64. The molecule has 0 atom stereocenters. The third-order valence-electron chi connectivity index (χ3n) is 2.17. The van der Waals surface area contributed by atoms with E-state index in [0.29, 0.717) is 12.1 Å². The number of anilines is 1. The van der Waals surface area contributed by atoms with E-state index in [1.165, 1.54) is 12.1 Å². The summed E-state index contributed by atoms with van der Waals surface area (Å²) in [6.07, 6.45) is 0. The van der Waals surface area contributed by atoms with Gasteiger partial charge >= 0.3 is 0 Å². The van der Waals surface area contributed by atoms with Gasteiger partial charge in [-0.15, -0.1) is 11.3 Å². The van der Waals surface area contributed by atoms with Crippen molar-refractivity contribution in [3.8, 4) is 0 Å². The van der Waals surface area contributed by atoms with Gasteiger partial charge in [0.1, 0.15) is 11.0 Å². The van der Waals surface area contributed by atoms with Crippen molar-refractivity contribution in [3.63, 3.8) is 0 Å². The first kappa shape index (κ1) is 12.8. The van der Waals surface area contributed by atoms with Crippen molar-refractivity contribution in [2.45, 2.75) is 13.5 Å².